The molecule has 0 radical (unpaired) electrons. The van der Waals surface area contributed by atoms with Crippen LogP contribution in [0.5, 0.6) is 0 Å². The summed E-state index contributed by atoms with van der Waals surface area (Å²) in [6.45, 7) is 1.85. The summed E-state index contributed by atoms with van der Waals surface area (Å²) < 4.78 is 2.50. The number of carboxylic acid groups (broad SMARTS) is 1. The highest BCUT2D eigenvalue weighted by molar-refractivity contribution is 9.10. The Bertz CT molecular complexity index is 502. The largest absolute Gasteiger partial charge is 0.480 e. The van der Waals surface area contributed by atoms with E-state index >= 15 is 0 Å². The minimum absolute atomic E-state index is 0.118. The lowest BCUT2D eigenvalue weighted by Gasteiger charge is -2.25. The van der Waals surface area contributed by atoms with Crippen LogP contribution in [0.3, 0.4) is 0 Å². The number of hydrogen-bond donors (Lipinski definition) is 1. The van der Waals surface area contributed by atoms with Crippen LogP contribution in [0.4, 0.5) is 0 Å². The van der Waals surface area contributed by atoms with Crippen LogP contribution in [0.25, 0.3) is 0 Å². The van der Waals surface area contributed by atoms with E-state index in [4.69, 9.17) is 5.11 Å². The Hall–Kier alpha value is -0.950. The first-order valence-corrected chi connectivity index (χ1v) is 7.25. The van der Waals surface area contributed by atoms with Crippen molar-refractivity contribution in [1.29, 1.82) is 0 Å². The fraction of sp³-hybridized carbons (Fsp3) is 0.455. The van der Waals surface area contributed by atoms with Gasteiger partial charge >= 0.3 is 5.97 Å². The Balaban J connectivity index is 2.32. The van der Waals surface area contributed by atoms with Crippen LogP contribution >= 0.6 is 27.7 Å². The number of hydrogen-bond acceptors (Lipinski definition) is 3. The maximum absolute atomic E-state index is 12.4. The van der Waals surface area contributed by atoms with Gasteiger partial charge in [-0.3, -0.25) is 4.79 Å². The number of aromatic nitrogens is 1. The summed E-state index contributed by atoms with van der Waals surface area (Å²) in [5.41, 5.74) is 0.488. The van der Waals surface area contributed by atoms with Crippen molar-refractivity contribution < 1.29 is 14.7 Å². The molecule has 2 rings (SSSR count). The van der Waals surface area contributed by atoms with Gasteiger partial charge in [0.1, 0.15) is 11.7 Å². The molecule has 2 unspecified atom stereocenters. The highest BCUT2D eigenvalue weighted by Gasteiger charge is 2.40. The van der Waals surface area contributed by atoms with E-state index in [0.29, 0.717) is 11.4 Å². The van der Waals surface area contributed by atoms with Crippen molar-refractivity contribution in [2.24, 2.45) is 7.05 Å². The van der Waals surface area contributed by atoms with E-state index in [9.17, 15) is 9.59 Å². The molecule has 1 aromatic heterocycles. The Morgan fingerprint density at radius 3 is 2.72 bits per heavy atom. The molecule has 0 spiro atoms. The van der Waals surface area contributed by atoms with Crippen molar-refractivity contribution in [3.63, 3.8) is 0 Å². The van der Waals surface area contributed by atoms with E-state index in [-0.39, 0.29) is 11.3 Å². The number of carbonyl (C=O) groups excluding carboxylic acids is 1. The van der Waals surface area contributed by atoms with E-state index < -0.39 is 12.0 Å². The highest BCUT2D eigenvalue weighted by atomic mass is 79.9. The van der Waals surface area contributed by atoms with Crippen LogP contribution < -0.4 is 0 Å². The third-order valence-corrected chi connectivity index (χ3v) is 4.58. The minimum Gasteiger partial charge on any atom is -0.480 e. The number of carboxylic acids is 1. The molecule has 2 heterocycles. The molecule has 1 fully saturated rings. The van der Waals surface area contributed by atoms with E-state index in [1.807, 2.05) is 6.92 Å². The summed E-state index contributed by atoms with van der Waals surface area (Å²) >= 11 is 4.79. The van der Waals surface area contributed by atoms with Crippen LogP contribution in [0.2, 0.25) is 0 Å². The first-order chi connectivity index (χ1) is 8.41. The van der Waals surface area contributed by atoms with Gasteiger partial charge in [0, 0.05) is 23.5 Å². The number of carbonyl (C=O) groups is 2. The lowest BCUT2D eigenvalue weighted by Crippen LogP contribution is -2.45. The molecular formula is C11H13BrN2O3S. The average Bonchev–Trinajstić information content (AvgIpc) is 2.81. The lowest BCUT2D eigenvalue weighted by atomic mass is 10.2. The molecule has 1 aliphatic heterocycles. The van der Waals surface area contributed by atoms with E-state index in [0.717, 1.165) is 4.47 Å². The Morgan fingerprint density at radius 1 is 1.56 bits per heavy atom. The molecule has 1 aliphatic rings. The summed E-state index contributed by atoms with van der Waals surface area (Å²) in [5, 5.41) is 9.03. The number of aliphatic carboxylic acids is 1. The first-order valence-electron chi connectivity index (χ1n) is 5.40. The zero-order chi connectivity index (χ0) is 13.4. The van der Waals surface area contributed by atoms with Crippen molar-refractivity contribution in [3.8, 4) is 0 Å². The summed E-state index contributed by atoms with van der Waals surface area (Å²) in [6, 6.07) is 0.961. The monoisotopic (exact) mass is 332 g/mol. The van der Waals surface area contributed by atoms with Gasteiger partial charge in [0.15, 0.2) is 0 Å². The zero-order valence-corrected chi connectivity index (χ0v) is 12.4. The van der Waals surface area contributed by atoms with Gasteiger partial charge in [-0.2, -0.15) is 0 Å². The standard InChI is InChI=1S/C11H13BrN2O3S/c1-6-14(9(5-18-6)11(16)17)10(15)8-3-7(12)4-13(8)2/h3-4,6,9H,5H2,1-2H3,(H,16,17). The number of amides is 1. The number of aryl methyl sites for hydroxylation is 1. The molecule has 0 aliphatic carbocycles. The van der Waals surface area contributed by atoms with Gasteiger partial charge in [-0.15, -0.1) is 11.8 Å². The SMILES string of the molecule is CC1SCC(C(=O)O)N1C(=O)c1cc(Br)cn1C. The highest BCUT2D eigenvalue weighted by Crippen LogP contribution is 2.30. The summed E-state index contributed by atoms with van der Waals surface area (Å²) in [7, 11) is 1.77. The molecule has 1 amide bonds. The van der Waals surface area contributed by atoms with Crippen molar-refractivity contribution in [1.82, 2.24) is 9.47 Å². The van der Waals surface area contributed by atoms with Gasteiger partial charge in [0.25, 0.3) is 5.91 Å². The van der Waals surface area contributed by atoms with Crippen molar-refractivity contribution in [3.05, 3.63) is 22.4 Å². The van der Waals surface area contributed by atoms with Crippen LogP contribution in [0.1, 0.15) is 17.4 Å². The molecule has 18 heavy (non-hydrogen) atoms. The number of thioether (sulfide) groups is 1. The second kappa shape index (κ2) is 4.97. The molecule has 1 aromatic rings. The van der Waals surface area contributed by atoms with E-state index in [1.165, 1.54) is 16.7 Å². The van der Waals surface area contributed by atoms with Gasteiger partial charge in [0.2, 0.25) is 0 Å². The molecule has 1 saturated heterocycles. The molecule has 1 N–H and O–H groups in total. The maximum Gasteiger partial charge on any atom is 0.327 e. The van der Waals surface area contributed by atoms with Gasteiger partial charge in [-0.1, -0.05) is 0 Å². The van der Waals surface area contributed by atoms with Crippen LogP contribution in [-0.4, -0.2) is 43.6 Å². The van der Waals surface area contributed by atoms with Crippen molar-refractivity contribution >= 4 is 39.6 Å². The maximum atomic E-state index is 12.4. The molecular weight excluding hydrogens is 320 g/mol. The molecule has 2 atom stereocenters. The molecule has 0 bridgehead atoms. The second-order valence-electron chi connectivity index (χ2n) is 4.15. The molecule has 0 saturated carbocycles. The van der Waals surface area contributed by atoms with Gasteiger partial charge < -0.3 is 14.6 Å². The normalized spacial score (nSPS) is 23.4. The Kier molecular flexibility index (Phi) is 3.72. The second-order valence-corrected chi connectivity index (χ2v) is 6.42. The lowest BCUT2D eigenvalue weighted by molar-refractivity contribution is -0.141. The Labute approximate surface area is 117 Å². The number of rotatable bonds is 2. The predicted octanol–water partition coefficient (Wildman–Crippen LogP) is 1.78. The fourth-order valence-electron chi connectivity index (χ4n) is 2.01. The fourth-order valence-corrected chi connectivity index (χ4v) is 3.70. The quantitative estimate of drug-likeness (QED) is 0.896. The van der Waals surface area contributed by atoms with Crippen molar-refractivity contribution in [2.45, 2.75) is 18.3 Å². The van der Waals surface area contributed by atoms with Gasteiger partial charge in [0.05, 0.1) is 5.37 Å². The molecule has 0 aromatic carbocycles. The van der Waals surface area contributed by atoms with E-state index in [2.05, 4.69) is 15.9 Å². The summed E-state index contributed by atoms with van der Waals surface area (Å²) in [5.74, 6) is -0.755. The smallest absolute Gasteiger partial charge is 0.327 e. The Morgan fingerprint density at radius 2 is 2.22 bits per heavy atom. The molecule has 98 valence electrons. The zero-order valence-electron chi connectivity index (χ0n) is 9.96. The summed E-state index contributed by atoms with van der Waals surface area (Å²) in [4.78, 5) is 25.0. The van der Waals surface area contributed by atoms with Gasteiger partial charge in [-0.05, 0) is 28.9 Å². The number of nitrogens with zero attached hydrogens (tertiary/aromatic N) is 2. The van der Waals surface area contributed by atoms with Crippen molar-refractivity contribution in [2.75, 3.05) is 5.75 Å². The van der Waals surface area contributed by atoms with Crippen LogP contribution in [0.15, 0.2) is 16.7 Å². The third-order valence-electron chi connectivity index (χ3n) is 2.93. The molecule has 5 nitrogen and oxygen atoms in total. The average molecular weight is 333 g/mol. The van der Waals surface area contributed by atoms with E-state index in [1.54, 1.807) is 23.9 Å². The third kappa shape index (κ3) is 2.29. The minimum atomic E-state index is -0.950. The number of halogens is 1. The van der Waals surface area contributed by atoms with Crippen LogP contribution in [-0.2, 0) is 11.8 Å². The summed E-state index contributed by atoms with van der Waals surface area (Å²) in [6.07, 6.45) is 1.77. The first kappa shape index (κ1) is 13.5. The molecule has 7 heteroatoms. The topological polar surface area (TPSA) is 62.5 Å². The predicted molar refractivity (Wildman–Crippen MR) is 72.6 cm³/mol. The van der Waals surface area contributed by atoms with Crippen LogP contribution in [0, 0.1) is 0 Å². The van der Waals surface area contributed by atoms with Gasteiger partial charge in [-0.25, -0.2) is 4.79 Å².